The number of carbonyl (C=O) groups excluding carboxylic acids is 1. The smallest absolute Gasteiger partial charge is 0.264 e. The highest BCUT2D eigenvalue weighted by molar-refractivity contribution is 7.92. The molecule has 0 saturated heterocycles. The van der Waals surface area contributed by atoms with Crippen molar-refractivity contribution in [1.29, 1.82) is 0 Å². The normalized spacial score (nSPS) is 14.5. The topological polar surface area (TPSA) is 66.5 Å². The van der Waals surface area contributed by atoms with E-state index in [0.717, 1.165) is 12.1 Å². The summed E-state index contributed by atoms with van der Waals surface area (Å²) in [6.45, 7) is 0.892. The summed E-state index contributed by atoms with van der Waals surface area (Å²) in [5, 5.41) is 3.06. The van der Waals surface area contributed by atoms with Gasteiger partial charge in [0.2, 0.25) is 0 Å². The Kier molecular flexibility index (Phi) is 7.45. The predicted octanol–water partition coefficient (Wildman–Crippen LogP) is 5.39. The number of benzene rings is 3. The molecule has 1 aliphatic rings. The van der Waals surface area contributed by atoms with Gasteiger partial charge < -0.3 is 5.32 Å². The van der Waals surface area contributed by atoms with Gasteiger partial charge in [-0.2, -0.15) is 0 Å². The molecule has 33 heavy (non-hydrogen) atoms. The maximum atomic E-state index is 13.4. The molecule has 1 fully saturated rings. The summed E-state index contributed by atoms with van der Waals surface area (Å²) in [4.78, 5) is 12.8. The van der Waals surface area contributed by atoms with Crippen LogP contribution in [0, 0.1) is 5.92 Å². The van der Waals surface area contributed by atoms with Gasteiger partial charge in [-0.25, -0.2) is 8.42 Å². The molecule has 172 valence electrons. The SMILES string of the molecule is O=C(NCC1CCCCC1)c1ccc(CN(c2ccccc2)S(=O)(=O)c2ccccc2)cc1. The van der Waals surface area contributed by atoms with Crippen molar-refractivity contribution in [3.8, 4) is 0 Å². The molecule has 3 aromatic carbocycles. The zero-order valence-electron chi connectivity index (χ0n) is 18.7. The van der Waals surface area contributed by atoms with Crippen molar-refractivity contribution in [1.82, 2.24) is 5.32 Å². The van der Waals surface area contributed by atoms with Gasteiger partial charge in [0.05, 0.1) is 17.1 Å². The summed E-state index contributed by atoms with van der Waals surface area (Å²) in [6.07, 6.45) is 6.17. The second-order valence-corrected chi connectivity index (χ2v) is 10.4. The first-order valence-corrected chi connectivity index (χ1v) is 13.0. The Balaban J connectivity index is 1.49. The van der Waals surface area contributed by atoms with Crippen molar-refractivity contribution >= 4 is 21.6 Å². The van der Waals surface area contributed by atoms with Crippen LogP contribution in [-0.4, -0.2) is 20.9 Å². The fraction of sp³-hybridized carbons (Fsp3) is 0.296. The second kappa shape index (κ2) is 10.7. The van der Waals surface area contributed by atoms with Gasteiger partial charge in [-0.05, 0) is 60.7 Å². The largest absolute Gasteiger partial charge is 0.352 e. The van der Waals surface area contributed by atoms with Crippen LogP contribution in [0.15, 0.2) is 89.8 Å². The Bertz CT molecular complexity index is 1140. The van der Waals surface area contributed by atoms with Gasteiger partial charge in [0.1, 0.15) is 0 Å². The van der Waals surface area contributed by atoms with Crippen LogP contribution < -0.4 is 9.62 Å². The van der Waals surface area contributed by atoms with Crippen molar-refractivity contribution in [2.45, 2.75) is 43.5 Å². The predicted molar refractivity (Wildman–Crippen MR) is 132 cm³/mol. The molecule has 0 aliphatic heterocycles. The van der Waals surface area contributed by atoms with E-state index in [1.165, 1.54) is 36.4 Å². The number of nitrogens with one attached hydrogen (secondary N) is 1. The van der Waals surface area contributed by atoms with E-state index in [9.17, 15) is 13.2 Å². The first kappa shape index (κ1) is 23.1. The van der Waals surface area contributed by atoms with E-state index < -0.39 is 10.0 Å². The number of para-hydroxylation sites is 1. The van der Waals surface area contributed by atoms with Gasteiger partial charge in [0.25, 0.3) is 15.9 Å². The third kappa shape index (κ3) is 5.82. The van der Waals surface area contributed by atoms with Crippen LogP contribution in [0.4, 0.5) is 5.69 Å². The third-order valence-electron chi connectivity index (χ3n) is 6.19. The fourth-order valence-corrected chi connectivity index (χ4v) is 5.76. The van der Waals surface area contributed by atoms with Crippen LogP contribution in [0.5, 0.6) is 0 Å². The van der Waals surface area contributed by atoms with E-state index in [2.05, 4.69) is 5.32 Å². The zero-order valence-corrected chi connectivity index (χ0v) is 19.5. The van der Waals surface area contributed by atoms with E-state index in [-0.39, 0.29) is 17.3 Å². The molecule has 0 aromatic heterocycles. The van der Waals surface area contributed by atoms with E-state index in [1.807, 2.05) is 30.3 Å². The van der Waals surface area contributed by atoms with E-state index in [0.29, 0.717) is 17.2 Å². The van der Waals surface area contributed by atoms with Crippen LogP contribution >= 0.6 is 0 Å². The highest BCUT2D eigenvalue weighted by Crippen LogP contribution is 2.26. The highest BCUT2D eigenvalue weighted by Gasteiger charge is 2.25. The number of amides is 1. The lowest BCUT2D eigenvalue weighted by Crippen LogP contribution is -2.31. The van der Waals surface area contributed by atoms with Crippen molar-refractivity contribution < 1.29 is 13.2 Å². The first-order valence-electron chi connectivity index (χ1n) is 11.5. The van der Waals surface area contributed by atoms with Crippen molar-refractivity contribution in [2.24, 2.45) is 5.92 Å². The van der Waals surface area contributed by atoms with Crippen molar-refractivity contribution in [3.63, 3.8) is 0 Å². The van der Waals surface area contributed by atoms with E-state index >= 15 is 0 Å². The number of carbonyl (C=O) groups is 1. The molecular formula is C27H30N2O3S. The molecular weight excluding hydrogens is 432 g/mol. The average Bonchev–Trinajstić information content (AvgIpc) is 2.88. The molecule has 0 atom stereocenters. The van der Waals surface area contributed by atoms with Gasteiger partial charge in [-0.15, -0.1) is 0 Å². The molecule has 1 aliphatic carbocycles. The molecule has 3 aromatic rings. The molecule has 1 N–H and O–H groups in total. The lowest BCUT2D eigenvalue weighted by molar-refractivity contribution is 0.0943. The van der Waals surface area contributed by atoms with E-state index in [4.69, 9.17) is 0 Å². The molecule has 0 spiro atoms. The minimum Gasteiger partial charge on any atom is -0.352 e. The number of sulfonamides is 1. The monoisotopic (exact) mass is 462 g/mol. The van der Waals surface area contributed by atoms with Gasteiger partial charge >= 0.3 is 0 Å². The molecule has 0 heterocycles. The lowest BCUT2D eigenvalue weighted by Gasteiger charge is -2.25. The molecule has 0 unspecified atom stereocenters. The zero-order chi connectivity index (χ0) is 23.1. The second-order valence-electron chi connectivity index (χ2n) is 8.57. The Morgan fingerprint density at radius 3 is 2.06 bits per heavy atom. The molecule has 0 radical (unpaired) electrons. The summed E-state index contributed by atoms with van der Waals surface area (Å²) >= 11 is 0. The number of nitrogens with zero attached hydrogens (tertiary/aromatic N) is 1. The van der Waals surface area contributed by atoms with Crippen molar-refractivity contribution in [3.05, 3.63) is 96.1 Å². The van der Waals surface area contributed by atoms with Crippen LogP contribution in [0.3, 0.4) is 0 Å². The molecule has 6 heteroatoms. The van der Waals surface area contributed by atoms with Gasteiger partial charge in [0, 0.05) is 12.1 Å². The standard InChI is InChI=1S/C27H30N2O3S/c30-27(28-20-22-10-4-1-5-11-22)24-18-16-23(17-19-24)21-29(25-12-6-2-7-13-25)33(31,32)26-14-8-3-9-15-26/h2-3,6-9,12-19,22H,1,4-5,10-11,20-21H2,(H,28,30). The Hall–Kier alpha value is -3.12. The Morgan fingerprint density at radius 2 is 1.42 bits per heavy atom. The van der Waals surface area contributed by atoms with Crippen LogP contribution in [0.2, 0.25) is 0 Å². The van der Waals surface area contributed by atoms with Crippen molar-refractivity contribution in [2.75, 3.05) is 10.8 Å². The maximum Gasteiger partial charge on any atom is 0.264 e. The summed E-state index contributed by atoms with van der Waals surface area (Å²) in [5.41, 5.74) is 1.99. The van der Waals surface area contributed by atoms with Gasteiger partial charge in [-0.1, -0.05) is 67.8 Å². The summed E-state index contributed by atoms with van der Waals surface area (Å²) in [6, 6.07) is 24.7. The Labute approximate surface area is 196 Å². The number of rotatable bonds is 8. The van der Waals surface area contributed by atoms with Gasteiger partial charge in [0.15, 0.2) is 0 Å². The summed E-state index contributed by atoms with van der Waals surface area (Å²) in [5.74, 6) is 0.494. The Morgan fingerprint density at radius 1 is 0.818 bits per heavy atom. The molecule has 4 rings (SSSR count). The van der Waals surface area contributed by atoms with Gasteiger partial charge in [-0.3, -0.25) is 9.10 Å². The minimum atomic E-state index is -3.75. The highest BCUT2D eigenvalue weighted by atomic mass is 32.2. The molecule has 1 saturated carbocycles. The van der Waals surface area contributed by atoms with Crippen LogP contribution in [0.1, 0.15) is 48.0 Å². The fourth-order valence-electron chi connectivity index (χ4n) is 4.29. The van der Waals surface area contributed by atoms with E-state index in [1.54, 1.807) is 54.6 Å². The summed E-state index contributed by atoms with van der Waals surface area (Å²) < 4.78 is 28.2. The van der Waals surface area contributed by atoms with Crippen LogP contribution in [-0.2, 0) is 16.6 Å². The first-order chi connectivity index (χ1) is 16.0. The summed E-state index contributed by atoms with van der Waals surface area (Å²) in [7, 11) is -3.75. The maximum absolute atomic E-state index is 13.4. The number of hydrogen-bond donors (Lipinski definition) is 1. The lowest BCUT2D eigenvalue weighted by atomic mass is 9.89. The third-order valence-corrected chi connectivity index (χ3v) is 7.98. The molecule has 5 nitrogen and oxygen atoms in total. The van der Waals surface area contributed by atoms with Crippen LogP contribution in [0.25, 0.3) is 0 Å². The number of anilines is 1. The minimum absolute atomic E-state index is 0.0797. The number of hydrogen-bond acceptors (Lipinski definition) is 3. The average molecular weight is 463 g/mol. The molecule has 1 amide bonds. The quantitative estimate of drug-likeness (QED) is 0.488. The molecule has 0 bridgehead atoms.